The van der Waals surface area contributed by atoms with Crippen molar-refractivity contribution in [2.75, 3.05) is 11.9 Å². The molecule has 0 spiro atoms. The maximum absolute atomic E-state index is 12.8. The molecule has 36 heavy (non-hydrogen) atoms. The predicted octanol–water partition coefficient (Wildman–Crippen LogP) is 5.75. The second-order valence-corrected chi connectivity index (χ2v) is 12.4. The standard InChI is InChI=1S/C26H32N6O3S/c27-14-18-7-3-4-8-21(18)32-22-11-12-28-26(33)24(22)25(30-32)29-20-9-10-23-19(13-20)16-31(36(23,34)35)15-17-5-1-2-6-17/h9-13,17-18,21,34-35H,1-8,15-16H2,(H,28,33)(H,29,30)/t18-,21+/m1/s1. The zero-order valence-corrected chi connectivity index (χ0v) is 21.0. The van der Waals surface area contributed by atoms with E-state index in [1.54, 1.807) is 12.3 Å². The quantitative estimate of drug-likeness (QED) is 0.345. The molecule has 3 aromatic rings. The van der Waals surface area contributed by atoms with Crippen LogP contribution in [0.25, 0.3) is 10.9 Å². The molecule has 2 atom stereocenters. The van der Waals surface area contributed by atoms with E-state index in [0.717, 1.165) is 49.8 Å². The molecule has 2 saturated carbocycles. The van der Waals surface area contributed by atoms with Gasteiger partial charge in [-0.2, -0.15) is 14.7 Å². The zero-order valence-electron chi connectivity index (χ0n) is 20.2. The summed E-state index contributed by atoms with van der Waals surface area (Å²) in [6, 6.07) is 9.73. The monoisotopic (exact) mass is 508 g/mol. The fourth-order valence-electron chi connectivity index (χ4n) is 6.25. The third-order valence-electron chi connectivity index (χ3n) is 8.10. The Morgan fingerprint density at radius 1 is 1.14 bits per heavy atom. The van der Waals surface area contributed by atoms with Crippen molar-refractivity contribution >= 4 is 33.2 Å². The van der Waals surface area contributed by atoms with E-state index in [2.05, 4.69) is 16.4 Å². The van der Waals surface area contributed by atoms with Crippen LogP contribution in [-0.4, -0.2) is 34.7 Å². The minimum absolute atomic E-state index is 0.0687. The van der Waals surface area contributed by atoms with Crippen LogP contribution in [0.15, 0.2) is 40.2 Å². The van der Waals surface area contributed by atoms with Crippen LogP contribution >= 0.6 is 10.8 Å². The molecule has 1 aliphatic heterocycles. The lowest BCUT2D eigenvalue weighted by Crippen LogP contribution is -2.26. The van der Waals surface area contributed by atoms with Crippen molar-refractivity contribution in [3.05, 3.63) is 46.4 Å². The summed E-state index contributed by atoms with van der Waals surface area (Å²) in [6.45, 7) is 1.19. The number of rotatable bonds is 5. The Labute approximate surface area is 211 Å². The first-order valence-corrected chi connectivity index (χ1v) is 14.4. The smallest absolute Gasteiger partial charge is 0.261 e. The Morgan fingerprint density at radius 3 is 2.72 bits per heavy atom. The normalized spacial score (nSPS) is 25.0. The van der Waals surface area contributed by atoms with Gasteiger partial charge >= 0.3 is 0 Å². The third kappa shape index (κ3) is 4.00. The molecule has 4 N–H and O–H groups in total. The van der Waals surface area contributed by atoms with Crippen molar-refractivity contribution in [2.24, 2.45) is 11.8 Å². The first-order valence-electron chi connectivity index (χ1n) is 12.9. The van der Waals surface area contributed by atoms with Gasteiger partial charge in [0.05, 0.1) is 28.4 Å². The summed E-state index contributed by atoms with van der Waals surface area (Å²) < 4.78 is 25.6. The van der Waals surface area contributed by atoms with Crippen LogP contribution < -0.4 is 10.9 Å². The SMILES string of the molecule is N#C[C@H]1CCCC[C@@H]1n1nc(Nc2ccc3c(c2)CN(CC2CCCC2)S3(O)O)c2c(=O)[nH]ccc21. The summed E-state index contributed by atoms with van der Waals surface area (Å²) in [6.07, 6.45) is 10.1. The third-order valence-corrected chi connectivity index (χ3v) is 10.1. The van der Waals surface area contributed by atoms with E-state index in [-0.39, 0.29) is 17.5 Å². The van der Waals surface area contributed by atoms with Crippen molar-refractivity contribution in [2.45, 2.75) is 68.8 Å². The lowest BCUT2D eigenvalue weighted by atomic mass is 9.85. The number of nitrogens with one attached hydrogen (secondary N) is 2. The zero-order chi connectivity index (χ0) is 24.9. The van der Waals surface area contributed by atoms with Crippen LogP contribution in [0.5, 0.6) is 0 Å². The van der Waals surface area contributed by atoms with E-state index in [1.807, 2.05) is 27.2 Å². The van der Waals surface area contributed by atoms with Crippen molar-refractivity contribution in [1.29, 1.82) is 5.26 Å². The van der Waals surface area contributed by atoms with Crippen LogP contribution in [0.3, 0.4) is 0 Å². The number of nitrogens with zero attached hydrogens (tertiary/aromatic N) is 4. The minimum Gasteiger partial charge on any atom is -0.338 e. The fourth-order valence-corrected chi connectivity index (χ4v) is 7.99. The topological polar surface area (TPSA) is 130 Å². The summed E-state index contributed by atoms with van der Waals surface area (Å²) in [5.41, 5.74) is 2.10. The molecule has 0 saturated heterocycles. The second-order valence-electron chi connectivity index (χ2n) is 10.4. The Morgan fingerprint density at radius 2 is 1.92 bits per heavy atom. The van der Waals surface area contributed by atoms with Gasteiger partial charge in [-0.3, -0.25) is 18.6 Å². The molecule has 2 fully saturated rings. The molecule has 190 valence electrons. The number of aromatic nitrogens is 3. The number of nitriles is 1. The van der Waals surface area contributed by atoms with Crippen LogP contribution in [-0.2, 0) is 6.54 Å². The highest BCUT2D eigenvalue weighted by Crippen LogP contribution is 2.59. The molecule has 0 amide bonds. The molecule has 0 bridgehead atoms. The van der Waals surface area contributed by atoms with E-state index in [0.29, 0.717) is 40.6 Å². The minimum atomic E-state index is -2.98. The first kappa shape index (κ1) is 23.6. The second kappa shape index (κ2) is 9.23. The van der Waals surface area contributed by atoms with Gasteiger partial charge in [0.25, 0.3) is 5.56 Å². The number of hydrogen-bond acceptors (Lipinski definition) is 7. The van der Waals surface area contributed by atoms with Gasteiger partial charge in [0.2, 0.25) is 0 Å². The molecule has 2 aliphatic carbocycles. The number of fused-ring (bicyclic) bond motifs is 2. The lowest BCUT2D eigenvalue weighted by molar-refractivity contribution is 0.277. The van der Waals surface area contributed by atoms with Gasteiger partial charge in [-0.05, 0) is 61.4 Å². The Bertz CT molecular complexity index is 1390. The number of aromatic amines is 1. The van der Waals surface area contributed by atoms with Crippen molar-refractivity contribution < 1.29 is 9.11 Å². The number of hydrogen-bond donors (Lipinski definition) is 4. The van der Waals surface area contributed by atoms with Gasteiger partial charge in [-0.1, -0.05) is 25.7 Å². The van der Waals surface area contributed by atoms with E-state index >= 15 is 0 Å². The summed E-state index contributed by atoms with van der Waals surface area (Å²) in [7, 11) is -2.98. The predicted molar refractivity (Wildman–Crippen MR) is 140 cm³/mol. The molecule has 0 unspecified atom stereocenters. The average Bonchev–Trinajstić information content (AvgIpc) is 3.57. The van der Waals surface area contributed by atoms with Crippen LogP contribution in [0.4, 0.5) is 11.5 Å². The molecule has 9 nitrogen and oxygen atoms in total. The summed E-state index contributed by atoms with van der Waals surface area (Å²) >= 11 is 0. The van der Waals surface area contributed by atoms with Crippen LogP contribution in [0.2, 0.25) is 0 Å². The van der Waals surface area contributed by atoms with Crippen LogP contribution in [0, 0.1) is 23.2 Å². The van der Waals surface area contributed by atoms with Crippen molar-refractivity contribution in [3.8, 4) is 6.07 Å². The first-order chi connectivity index (χ1) is 17.5. The largest absolute Gasteiger partial charge is 0.338 e. The highest BCUT2D eigenvalue weighted by atomic mass is 32.3. The molecular weight excluding hydrogens is 476 g/mol. The van der Waals surface area contributed by atoms with Crippen molar-refractivity contribution in [3.63, 3.8) is 0 Å². The maximum atomic E-state index is 12.8. The van der Waals surface area contributed by atoms with Crippen molar-refractivity contribution in [1.82, 2.24) is 19.1 Å². The molecule has 0 radical (unpaired) electrons. The molecule has 6 rings (SSSR count). The molecule has 10 heteroatoms. The van der Waals surface area contributed by atoms with E-state index in [1.165, 1.54) is 12.8 Å². The summed E-state index contributed by atoms with van der Waals surface area (Å²) in [5, 5.41) is 18.3. The highest BCUT2D eigenvalue weighted by Gasteiger charge is 2.37. The number of H-pyrrole nitrogens is 1. The van der Waals surface area contributed by atoms with E-state index < -0.39 is 10.8 Å². The van der Waals surface area contributed by atoms with Gasteiger partial charge in [-0.25, -0.2) is 0 Å². The van der Waals surface area contributed by atoms with E-state index in [4.69, 9.17) is 5.10 Å². The van der Waals surface area contributed by atoms with Gasteiger partial charge in [-0.15, -0.1) is 10.8 Å². The lowest BCUT2D eigenvalue weighted by Gasteiger charge is -2.38. The fraction of sp³-hybridized carbons (Fsp3) is 0.500. The molecule has 1 aromatic carbocycles. The molecule has 2 aromatic heterocycles. The maximum Gasteiger partial charge on any atom is 0.261 e. The molecular formula is C26H32N6O3S. The highest BCUT2D eigenvalue weighted by molar-refractivity contribution is 8.22. The average molecular weight is 509 g/mol. The number of pyridine rings is 1. The van der Waals surface area contributed by atoms with E-state index in [9.17, 15) is 19.2 Å². The van der Waals surface area contributed by atoms with Gasteiger partial charge in [0.1, 0.15) is 5.39 Å². The van der Waals surface area contributed by atoms with Gasteiger partial charge in [0, 0.05) is 25.0 Å². The summed E-state index contributed by atoms with van der Waals surface area (Å²) in [4.78, 5) is 16.2. The molecule has 3 heterocycles. The Hall–Kier alpha value is -2.84. The van der Waals surface area contributed by atoms with Gasteiger partial charge < -0.3 is 10.3 Å². The Kier molecular flexibility index (Phi) is 6.04. The van der Waals surface area contributed by atoms with Crippen LogP contribution in [0.1, 0.15) is 63.0 Å². The number of benzene rings is 1. The Balaban J connectivity index is 1.32. The number of anilines is 2. The molecule has 3 aliphatic rings. The van der Waals surface area contributed by atoms with Gasteiger partial charge in [0.15, 0.2) is 5.82 Å². The summed E-state index contributed by atoms with van der Waals surface area (Å²) in [5.74, 6) is 0.827.